The molecule has 1 aliphatic heterocycles. The first-order valence-electron chi connectivity index (χ1n) is 6.44. The van der Waals surface area contributed by atoms with E-state index in [-0.39, 0.29) is 0 Å². The van der Waals surface area contributed by atoms with Crippen molar-refractivity contribution in [1.29, 1.82) is 0 Å². The fourth-order valence-corrected chi connectivity index (χ4v) is 2.79. The van der Waals surface area contributed by atoms with E-state index in [1.807, 2.05) is 0 Å². The SMILES string of the molecule is CC(=O)CC[N+]1=CC2CCCC(C2)C1.[O-][Cl+3]([O-])([O-])[O-]. The Morgan fingerprint density at radius 1 is 1.32 bits per heavy atom. The summed E-state index contributed by atoms with van der Waals surface area (Å²) in [6, 6.07) is 0. The summed E-state index contributed by atoms with van der Waals surface area (Å²) in [4.78, 5) is 10.9. The standard InChI is InChI=1S/C12H20NO.ClHO4/c1-10(14)5-6-13-8-11-3-2-4-12(7-11)9-13;2-1(3,4)5/h8,11-12H,2-7,9H2,1H3;(H,2,3,4,5)/q+1;/p-1. The predicted octanol–water partition coefficient (Wildman–Crippen LogP) is -2.89. The molecule has 19 heavy (non-hydrogen) atoms. The van der Waals surface area contributed by atoms with Crippen molar-refractivity contribution in [2.24, 2.45) is 11.8 Å². The molecule has 1 heterocycles. The van der Waals surface area contributed by atoms with Gasteiger partial charge in [0.1, 0.15) is 25.1 Å². The molecule has 1 aliphatic carbocycles. The molecule has 2 bridgehead atoms. The Morgan fingerprint density at radius 2 is 1.95 bits per heavy atom. The lowest BCUT2D eigenvalue weighted by atomic mass is 9.80. The van der Waals surface area contributed by atoms with Gasteiger partial charge in [-0.05, 0) is 26.2 Å². The third-order valence-corrected chi connectivity index (χ3v) is 3.49. The summed E-state index contributed by atoms with van der Waals surface area (Å²) in [6.45, 7) is 3.83. The highest BCUT2D eigenvalue weighted by Crippen LogP contribution is 2.30. The van der Waals surface area contributed by atoms with Gasteiger partial charge in [-0.3, -0.25) is 4.79 Å². The third kappa shape index (κ3) is 8.28. The van der Waals surface area contributed by atoms with Crippen LogP contribution < -0.4 is 18.6 Å². The molecule has 0 aromatic carbocycles. The van der Waals surface area contributed by atoms with E-state index in [0.29, 0.717) is 5.78 Å². The minimum Gasteiger partial charge on any atom is -0.300 e. The van der Waals surface area contributed by atoms with E-state index in [2.05, 4.69) is 10.8 Å². The molecule has 2 atom stereocenters. The van der Waals surface area contributed by atoms with Crippen LogP contribution in [0.3, 0.4) is 0 Å². The van der Waals surface area contributed by atoms with Gasteiger partial charge in [-0.25, -0.2) is 23.2 Å². The van der Waals surface area contributed by atoms with E-state index in [1.54, 1.807) is 6.92 Å². The highest BCUT2D eigenvalue weighted by molar-refractivity contribution is 5.75. The Balaban J connectivity index is 0.000000312. The van der Waals surface area contributed by atoms with Crippen molar-refractivity contribution >= 4 is 12.0 Å². The number of fused-ring (bicyclic) bond motifs is 2. The molecule has 6 nitrogen and oxygen atoms in total. The average Bonchev–Trinajstić information content (AvgIpc) is 2.23. The molecular formula is C12H20ClNO5. The van der Waals surface area contributed by atoms with Gasteiger partial charge in [0.15, 0.2) is 0 Å². The van der Waals surface area contributed by atoms with Crippen LogP contribution in [0.5, 0.6) is 0 Å². The number of hydrogen-bond donors (Lipinski definition) is 0. The maximum atomic E-state index is 10.9. The van der Waals surface area contributed by atoms with Crippen molar-refractivity contribution in [2.45, 2.75) is 39.0 Å². The molecule has 0 N–H and O–H groups in total. The van der Waals surface area contributed by atoms with Crippen LogP contribution in [0.2, 0.25) is 0 Å². The summed E-state index contributed by atoms with van der Waals surface area (Å²) >= 11 is 0. The van der Waals surface area contributed by atoms with Gasteiger partial charge in [0.05, 0.1) is 6.42 Å². The lowest BCUT2D eigenvalue weighted by Crippen LogP contribution is -2.68. The quantitative estimate of drug-likeness (QED) is 0.519. The summed E-state index contributed by atoms with van der Waals surface area (Å²) in [5, 5.41) is 0. The Morgan fingerprint density at radius 3 is 2.47 bits per heavy atom. The van der Waals surface area contributed by atoms with Gasteiger partial charge in [-0.15, -0.1) is 10.2 Å². The van der Waals surface area contributed by atoms with Crippen molar-refractivity contribution < 1.29 is 38.2 Å². The average molecular weight is 294 g/mol. The fraction of sp³-hybridized carbons (Fsp3) is 0.833. The van der Waals surface area contributed by atoms with Crippen LogP contribution in [0.1, 0.15) is 39.0 Å². The molecule has 0 spiro atoms. The first-order valence-corrected chi connectivity index (χ1v) is 7.67. The van der Waals surface area contributed by atoms with Crippen molar-refractivity contribution in [3.63, 3.8) is 0 Å². The molecule has 110 valence electrons. The second-order valence-corrected chi connectivity index (χ2v) is 6.02. The summed E-state index contributed by atoms with van der Waals surface area (Å²) in [5.41, 5.74) is 0. The summed E-state index contributed by atoms with van der Waals surface area (Å²) < 4.78 is 36.4. The highest BCUT2D eigenvalue weighted by Gasteiger charge is 2.30. The fourth-order valence-electron chi connectivity index (χ4n) is 2.79. The van der Waals surface area contributed by atoms with Gasteiger partial charge in [0.25, 0.3) is 0 Å². The summed E-state index contributed by atoms with van der Waals surface area (Å²) in [6.07, 6.45) is 8.69. The highest BCUT2D eigenvalue weighted by atomic mass is 35.7. The largest absolute Gasteiger partial charge is 0.300 e. The Hall–Kier alpha value is -0.530. The number of carbonyl (C=O) groups is 1. The summed E-state index contributed by atoms with van der Waals surface area (Å²) in [5.74, 6) is 2.04. The molecule has 1 fully saturated rings. The molecule has 0 saturated heterocycles. The topological polar surface area (TPSA) is 112 Å². The van der Waals surface area contributed by atoms with Crippen LogP contribution >= 0.6 is 0 Å². The van der Waals surface area contributed by atoms with E-state index in [0.717, 1.165) is 24.8 Å². The maximum Gasteiger partial charge on any atom is 0.149 e. The molecule has 7 heteroatoms. The van der Waals surface area contributed by atoms with Gasteiger partial charge in [0.2, 0.25) is 0 Å². The van der Waals surface area contributed by atoms with E-state index < -0.39 is 10.2 Å². The van der Waals surface area contributed by atoms with Crippen molar-refractivity contribution in [2.75, 3.05) is 13.1 Å². The first-order chi connectivity index (χ1) is 8.74. The Kier molecular flexibility index (Phi) is 6.35. The van der Waals surface area contributed by atoms with Crippen LogP contribution in [0.15, 0.2) is 0 Å². The monoisotopic (exact) mass is 293 g/mol. The van der Waals surface area contributed by atoms with Crippen LogP contribution in [0.25, 0.3) is 0 Å². The lowest BCUT2D eigenvalue weighted by molar-refractivity contribution is -2.00. The van der Waals surface area contributed by atoms with Crippen molar-refractivity contribution in [3.05, 3.63) is 0 Å². The zero-order chi connectivity index (χ0) is 14.5. The smallest absolute Gasteiger partial charge is 0.149 e. The van der Waals surface area contributed by atoms with E-state index >= 15 is 0 Å². The number of nitrogens with zero attached hydrogens (tertiary/aromatic N) is 1. The number of rotatable bonds is 3. The second-order valence-electron chi connectivity index (χ2n) is 5.27. The minimum absolute atomic E-state index is 0.314. The molecule has 0 aromatic heterocycles. The first kappa shape index (κ1) is 16.5. The number of hydrogen-bond acceptors (Lipinski definition) is 5. The zero-order valence-corrected chi connectivity index (χ0v) is 11.8. The normalized spacial score (nSPS) is 26.1. The van der Waals surface area contributed by atoms with Gasteiger partial charge >= 0.3 is 0 Å². The van der Waals surface area contributed by atoms with Crippen molar-refractivity contribution in [1.82, 2.24) is 0 Å². The van der Waals surface area contributed by atoms with Crippen LogP contribution in [-0.4, -0.2) is 29.7 Å². The summed E-state index contributed by atoms with van der Waals surface area (Å²) in [7, 11) is -4.94. The maximum absolute atomic E-state index is 10.9. The third-order valence-electron chi connectivity index (χ3n) is 3.49. The second kappa shape index (κ2) is 7.31. The predicted molar refractivity (Wildman–Crippen MR) is 56.8 cm³/mol. The minimum atomic E-state index is -4.94. The Bertz CT molecular complexity index is 334. The van der Waals surface area contributed by atoms with Gasteiger partial charge in [-0.2, -0.15) is 0 Å². The van der Waals surface area contributed by atoms with Gasteiger partial charge in [-0.1, -0.05) is 6.42 Å². The zero-order valence-electron chi connectivity index (χ0n) is 11.0. The van der Waals surface area contributed by atoms with Crippen LogP contribution in [0, 0.1) is 22.1 Å². The van der Waals surface area contributed by atoms with Gasteiger partial charge < -0.3 is 0 Å². The number of halogens is 1. The molecule has 1 saturated carbocycles. The van der Waals surface area contributed by atoms with E-state index in [1.165, 1.54) is 32.2 Å². The molecule has 2 unspecified atom stereocenters. The number of carbonyl (C=O) groups excluding carboxylic acids is 1. The molecule has 0 radical (unpaired) electrons. The number of ketones is 1. The van der Waals surface area contributed by atoms with Crippen molar-refractivity contribution in [3.8, 4) is 0 Å². The molecule has 0 amide bonds. The molecule has 0 aromatic rings. The van der Waals surface area contributed by atoms with E-state index in [9.17, 15) is 4.79 Å². The molecule has 2 aliphatic rings. The lowest BCUT2D eigenvalue weighted by Gasteiger charge is -2.29. The van der Waals surface area contributed by atoms with Crippen LogP contribution in [-0.2, 0) is 4.79 Å². The Labute approximate surface area is 115 Å². The van der Waals surface area contributed by atoms with Crippen LogP contribution in [0.4, 0.5) is 0 Å². The molecule has 2 rings (SSSR count). The van der Waals surface area contributed by atoms with E-state index in [4.69, 9.17) is 18.6 Å². The molecular weight excluding hydrogens is 274 g/mol. The number of Topliss-reactive ketones (excluding diaryl/α,β-unsaturated/α-hetero) is 1. The van der Waals surface area contributed by atoms with Gasteiger partial charge in [0, 0.05) is 11.8 Å².